The van der Waals surface area contributed by atoms with Crippen molar-refractivity contribution in [1.82, 2.24) is 34.9 Å². The number of pyridine rings is 1. The summed E-state index contributed by atoms with van der Waals surface area (Å²) >= 11 is 0. The first-order valence-electron chi connectivity index (χ1n) is 11.1. The highest BCUT2D eigenvalue weighted by atomic mass is 16.5. The van der Waals surface area contributed by atoms with Crippen molar-refractivity contribution in [2.75, 3.05) is 38.0 Å². The van der Waals surface area contributed by atoms with Gasteiger partial charge in [-0.3, -0.25) is 4.90 Å². The summed E-state index contributed by atoms with van der Waals surface area (Å²) in [4.78, 5) is 21.8. The Kier molecular flexibility index (Phi) is 5.83. The number of aromatic nitrogens is 5. The lowest BCUT2D eigenvalue weighted by Crippen LogP contribution is -2.45. The molecule has 5 rings (SSSR count). The van der Waals surface area contributed by atoms with Gasteiger partial charge in [-0.25, -0.2) is 9.97 Å². The number of H-pyrrole nitrogens is 1. The minimum Gasteiger partial charge on any atom is -0.334 e. The number of nitrogens with zero attached hydrogens (tertiary/aromatic N) is 6. The molecule has 0 radical (unpaired) electrons. The lowest BCUT2D eigenvalue weighted by atomic mass is 10.2. The van der Waals surface area contributed by atoms with Crippen molar-refractivity contribution in [2.45, 2.75) is 26.8 Å². The van der Waals surface area contributed by atoms with Crippen LogP contribution in [0.15, 0.2) is 41.1 Å². The summed E-state index contributed by atoms with van der Waals surface area (Å²) in [7, 11) is 0. The molecule has 4 heterocycles. The van der Waals surface area contributed by atoms with Crippen LogP contribution in [0.25, 0.3) is 22.5 Å². The molecule has 0 saturated carbocycles. The summed E-state index contributed by atoms with van der Waals surface area (Å²) in [6.07, 6.45) is 3.07. The van der Waals surface area contributed by atoms with E-state index in [0.29, 0.717) is 17.7 Å². The number of benzene rings is 1. The highest BCUT2D eigenvalue weighted by Crippen LogP contribution is 2.24. The molecule has 1 saturated heterocycles. The molecule has 166 valence electrons. The maximum Gasteiger partial charge on any atom is 0.257 e. The van der Waals surface area contributed by atoms with Crippen LogP contribution in [0.2, 0.25) is 0 Å². The van der Waals surface area contributed by atoms with Crippen molar-refractivity contribution in [3.05, 3.63) is 47.9 Å². The Hall–Kier alpha value is -3.30. The predicted octanol–water partition coefficient (Wildman–Crippen LogP) is 3.59. The SMILES string of the molecule is CCCN1CCN(Cc2ccnc(Nc3nc4ccc(-c5nc(C)no5)cc4[nH]3)c2)CC1. The van der Waals surface area contributed by atoms with Crippen LogP contribution in [0.4, 0.5) is 11.8 Å². The van der Waals surface area contributed by atoms with E-state index in [1.807, 2.05) is 24.4 Å². The van der Waals surface area contributed by atoms with Gasteiger partial charge in [-0.15, -0.1) is 0 Å². The van der Waals surface area contributed by atoms with E-state index in [1.54, 1.807) is 6.92 Å². The third-order valence-electron chi connectivity index (χ3n) is 5.74. The highest BCUT2D eigenvalue weighted by molar-refractivity contribution is 5.82. The van der Waals surface area contributed by atoms with E-state index >= 15 is 0 Å². The van der Waals surface area contributed by atoms with Crippen LogP contribution in [-0.4, -0.2) is 67.6 Å². The Morgan fingerprint density at radius 2 is 1.91 bits per heavy atom. The second kappa shape index (κ2) is 9.05. The number of rotatable bonds is 7. The van der Waals surface area contributed by atoms with Gasteiger partial charge < -0.3 is 19.7 Å². The van der Waals surface area contributed by atoms with Gasteiger partial charge in [-0.2, -0.15) is 4.98 Å². The topological polar surface area (TPSA) is 99.0 Å². The summed E-state index contributed by atoms with van der Waals surface area (Å²) in [6, 6.07) is 10.0. The van der Waals surface area contributed by atoms with Crippen molar-refractivity contribution in [1.29, 1.82) is 0 Å². The lowest BCUT2D eigenvalue weighted by molar-refractivity contribution is 0.127. The van der Waals surface area contributed by atoms with Crippen molar-refractivity contribution in [3.63, 3.8) is 0 Å². The first-order valence-corrected chi connectivity index (χ1v) is 11.1. The van der Waals surface area contributed by atoms with Crippen LogP contribution in [0.1, 0.15) is 24.7 Å². The van der Waals surface area contributed by atoms with Crippen LogP contribution in [0.3, 0.4) is 0 Å². The lowest BCUT2D eigenvalue weighted by Gasteiger charge is -2.34. The first-order chi connectivity index (χ1) is 15.7. The van der Waals surface area contributed by atoms with Crippen LogP contribution >= 0.6 is 0 Å². The zero-order chi connectivity index (χ0) is 21.9. The molecule has 0 atom stereocenters. The molecule has 2 N–H and O–H groups in total. The maximum absolute atomic E-state index is 5.27. The number of imidazole rings is 1. The monoisotopic (exact) mass is 432 g/mol. The van der Waals surface area contributed by atoms with Crippen molar-refractivity contribution in [3.8, 4) is 11.5 Å². The molecular weight excluding hydrogens is 404 g/mol. The molecule has 0 aliphatic carbocycles. The fourth-order valence-electron chi connectivity index (χ4n) is 4.12. The molecule has 0 amide bonds. The third-order valence-corrected chi connectivity index (χ3v) is 5.74. The van der Waals surface area contributed by atoms with Gasteiger partial charge >= 0.3 is 0 Å². The Morgan fingerprint density at radius 1 is 1.06 bits per heavy atom. The van der Waals surface area contributed by atoms with E-state index in [-0.39, 0.29) is 0 Å². The van der Waals surface area contributed by atoms with Crippen molar-refractivity contribution in [2.24, 2.45) is 0 Å². The van der Waals surface area contributed by atoms with Crippen molar-refractivity contribution >= 4 is 22.8 Å². The molecule has 0 spiro atoms. The Morgan fingerprint density at radius 3 is 2.69 bits per heavy atom. The van der Waals surface area contributed by atoms with Gasteiger partial charge in [0.2, 0.25) is 5.95 Å². The number of piperazine rings is 1. The fourth-order valence-corrected chi connectivity index (χ4v) is 4.12. The van der Waals surface area contributed by atoms with Gasteiger partial charge in [0.25, 0.3) is 5.89 Å². The number of fused-ring (bicyclic) bond motifs is 1. The largest absolute Gasteiger partial charge is 0.334 e. The van der Waals surface area contributed by atoms with Gasteiger partial charge in [-0.1, -0.05) is 12.1 Å². The summed E-state index contributed by atoms with van der Waals surface area (Å²) in [5.41, 5.74) is 3.85. The van der Waals surface area contributed by atoms with E-state index in [4.69, 9.17) is 4.52 Å². The summed E-state index contributed by atoms with van der Waals surface area (Å²) in [5.74, 6) is 2.54. The third kappa shape index (κ3) is 4.63. The van der Waals surface area contributed by atoms with Crippen LogP contribution < -0.4 is 5.32 Å². The molecule has 9 heteroatoms. The molecule has 1 aliphatic rings. The second-order valence-corrected chi connectivity index (χ2v) is 8.26. The van der Waals surface area contributed by atoms with E-state index in [0.717, 1.165) is 55.1 Å². The Labute approximate surface area is 186 Å². The normalized spacial score (nSPS) is 15.4. The standard InChI is InChI=1S/C23H28N8O/c1-3-8-30-9-11-31(12-10-30)15-17-6-7-24-21(13-17)28-23-26-19-5-4-18(14-20(19)27-23)22-25-16(2)29-32-22/h4-7,13-14H,3,8-12,15H2,1-2H3,(H2,24,26,27,28). The molecule has 1 fully saturated rings. The van der Waals surface area contributed by atoms with E-state index in [9.17, 15) is 0 Å². The molecule has 32 heavy (non-hydrogen) atoms. The molecule has 1 aromatic carbocycles. The van der Waals surface area contributed by atoms with E-state index in [2.05, 4.69) is 59.3 Å². The second-order valence-electron chi connectivity index (χ2n) is 8.26. The number of hydrogen-bond donors (Lipinski definition) is 2. The summed E-state index contributed by atoms with van der Waals surface area (Å²) in [5, 5.41) is 7.16. The molecule has 0 unspecified atom stereocenters. The number of aryl methyl sites for hydroxylation is 1. The fraction of sp³-hybridized carbons (Fsp3) is 0.391. The summed E-state index contributed by atoms with van der Waals surface area (Å²) in [6.45, 7) is 10.7. The number of nitrogens with one attached hydrogen (secondary N) is 2. The molecular formula is C23H28N8O. The van der Waals surface area contributed by atoms with Gasteiger partial charge in [0, 0.05) is 44.5 Å². The molecule has 9 nitrogen and oxygen atoms in total. The van der Waals surface area contributed by atoms with Crippen molar-refractivity contribution < 1.29 is 4.52 Å². The highest BCUT2D eigenvalue weighted by Gasteiger charge is 2.16. The van der Waals surface area contributed by atoms with E-state index < -0.39 is 0 Å². The molecule has 3 aromatic heterocycles. The average Bonchev–Trinajstić information content (AvgIpc) is 3.40. The minimum absolute atomic E-state index is 0.499. The van der Waals surface area contributed by atoms with Gasteiger partial charge in [0.05, 0.1) is 11.0 Å². The van der Waals surface area contributed by atoms with Gasteiger partial charge in [0.15, 0.2) is 5.82 Å². The Balaban J connectivity index is 1.26. The van der Waals surface area contributed by atoms with E-state index in [1.165, 1.54) is 18.5 Å². The van der Waals surface area contributed by atoms with Crippen LogP contribution in [-0.2, 0) is 6.54 Å². The maximum atomic E-state index is 5.27. The molecule has 4 aromatic rings. The zero-order valence-electron chi connectivity index (χ0n) is 18.5. The van der Waals surface area contributed by atoms with Gasteiger partial charge in [0.1, 0.15) is 5.82 Å². The quantitative estimate of drug-likeness (QED) is 0.457. The average molecular weight is 433 g/mol. The summed E-state index contributed by atoms with van der Waals surface area (Å²) < 4.78 is 5.27. The zero-order valence-corrected chi connectivity index (χ0v) is 18.5. The Bertz CT molecular complexity index is 1190. The van der Waals surface area contributed by atoms with Crippen LogP contribution in [0.5, 0.6) is 0 Å². The molecule has 1 aliphatic heterocycles. The van der Waals surface area contributed by atoms with Crippen LogP contribution in [0, 0.1) is 6.92 Å². The predicted molar refractivity (Wildman–Crippen MR) is 124 cm³/mol. The minimum atomic E-state index is 0.499. The number of aromatic amines is 1. The molecule has 0 bridgehead atoms. The smallest absolute Gasteiger partial charge is 0.257 e. The number of hydrogen-bond acceptors (Lipinski definition) is 8. The van der Waals surface area contributed by atoms with Gasteiger partial charge in [-0.05, 0) is 55.8 Å². The first kappa shape index (κ1) is 20.6. The number of anilines is 2.